The van der Waals surface area contributed by atoms with Gasteiger partial charge >= 0.3 is 0 Å². The van der Waals surface area contributed by atoms with Gasteiger partial charge in [0.05, 0.1) is 27.6 Å². The fraction of sp³-hybridized carbons (Fsp3) is 0.341. The minimum atomic E-state index is -3.23. The Bertz CT molecular complexity index is 5070. The van der Waals surface area contributed by atoms with E-state index in [0.717, 1.165) is 0 Å². The monoisotopic (exact) mass is 1150 g/mol. The van der Waals surface area contributed by atoms with E-state index in [-0.39, 0.29) is 44.6 Å². The Balaban J connectivity index is 1.17. The molecule has 4 aliphatic heterocycles. The highest BCUT2D eigenvalue weighted by Gasteiger charge is 2.57. The standard InChI is InChI=1S/C82H86BN3Si/c1-76(2,3)45-23-22-24-52(35-45)84-63-40-47(78(7,8)9)27-31-55(63)69-64(84)44-60-74-70(69)58-36-46(77(4,5)6)28-32-61(58)85(74)62-33-34-65-75-71(62)83(60)59-39-50(81(16,17)18)37-56-57-38-51(82(19,20)21)43-68(73(57)86(75)72(56)59)87(65)66-41-48(79(10,11)12)25-29-53(66)54-30-26-49(42-67(54)87)80(13,14)15/h22-44H,1-21H3. The van der Waals surface area contributed by atoms with Gasteiger partial charge in [0.2, 0.25) is 0 Å². The third kappa shape index (κ3) is 7.18. The van der Waals surface area contributed by atoms with Crippen molar-refractivity contribution in [3.8, 4) is 28.2 Å². The highest BCUT2D eigenvalue weighted by molar-refractivity contribution is 7.24. The number of aromatic nitrogens is 3. The van der Waals surface area contributed by atoms with Gasteiger partial charge in [-0.25, -0.2) is 0 Å². The lowest BCUT2D eigenvalue weighted by Crippen LogP contribution is -2.77. The fourth-order valence-electron chi connectivity index (χ4n) is 16.5. The molecule has 0 saturated heterocycles. The molecule has 12 aromatic rings. The second kappa shape index (κ2) is 16.7. The maximum absolute atomic E-state index is 3.23. The molecule has 3 nitrogen and oxygen atoms in total. The van der Waals surface area contributed by atoms with E-state index in [4.69, 9.17) is 0 Å². The maximum atomic E-state index is 2.86. The van der Waals surface area contributed by atoms with Gasteiger partial charge in [-0.3, -0.25) is 0 Å². The molecule has 1 spiro atoms. The number of benzene rings is 9. The third-order valence-electron chi connectivity index (χ3n) is 21.5. The van der Waals surface area contributed by atoms with Crippen LogP contribution in [-0.2, 0) is 37.9 Å². The van der Waals surface area contributed by atoms with E-state index < -0.39 is 8.07 Å². The highest BCUT2D eigenvalue weighted by Crippen LogP contribution is 2.49. The zero-order valence-electron chi connectivity index (χ0n) is 55.7. The van der Waals surface area contributed by atoms with E-state index in [0.29, 0.717) is 0 Å². The zero-order chi connectivity index (χ0) is 61.5. The van der Waals surface area contributed by atoms with Crippen LogP contribution in [0.15, 0.2) is 140 Å². The molecule has 0 saturated carbocycles. The van der Waals surface area contributed by atoms with Crippen molar-refractivity contribution in [3.63, 3.8) is 0 Å². The van der Waals surface area contributed by atoms with Gasteiger partial charge in [-0.2, -0.15) is 0 Å². The third-order valence-corrected chi connectivity index (χ3v) is 26.3. The Morgan fingerprint density at radius 1 is 0.310 bits per heavy atom. The van der Waals surface area contributed by atoms with Crippen LogP contribution in [0.5, 0.6) is 0 Å². The summed E-state index contributed by atoms with van der Waals surface area (Å²) in [5.41, 5.74) is 28.2. The maximum Gasteiger partial charge on any atom is 0.252 e. The summed E-state index contributed by atoms with van der Waals surface area (Å²) in [6.45, 7) is 50.3. The second-order valence-electron chi connectivity index (χ2n) is 34.3. The summed E-state index contributed by atoms with van der Waals surface area (Å²) in [7, 11) is -3.23. The molecule has 0 atom stereocenters. The molecule has 4 aliphatic rings. The van der Waals surface area contributed by atoms with Crippen molar-refractivity contribution in [2.75, 3.05) is 0 Å². The van der Waals surface area contributed by atoms with Crippen LogP contribution in [0.2, 0.25) is 0 Å². The van der Waals surface area contributed by atoms with Gasteiger partial charge in [0.25, 0.3) is 6.71 Å². The van der Waals surface area contributed by atoms with Crippen molar-refractivity contribution in [3.05, 3.63) is 178 Å². The lowest BCUT2D eigenvalue weighted by atomic mass is 9.34. The summed E-state index contributed by atoms with van der Waals surface area (Å²) >= 11 is 0. The number of rotatable bonds is 1. The Hall–Kier alpha value is -7.34. The zero-order valence-corrected chi connectivity index (χ0v) is 56.7. The SMILES string of the molecule is CC(C)(C)c1cccc(-n2c3cc(C(C)(C)C)ccc3c3c4c5cc(C(C)(C)C)ccc5n5c4c(cc32)B2c3c-5ccc4c3-n3c5c2cc(C(C)(C)C)cc5c2cc(C(C)(C)C)cc(c23)[Si]42c3cc(C(C)(C)C)ccc3-c3ccc(C(C)(C)C)cc32)c1. The molecule has 0 N–H and O–H groups in total. The molecule has 436 valence electrons. The van der Waals surface area contributed by atoms with Gasteiger partial charge in [-0.15, -0.1) is 0 Å². The van der Waals surface area contributed by atoms with Crippen LogP contribution in [0, 0.1) is 0 Å². The van der Waals surface area contributed by atoms with Crippen LogP contribution in [0.1, 0.15) is 184 Å². The van der Waals surface area contributed by atoms with Crippen LogP contribution in [-0.4, -0.2) is 28.5 Å². The summed E-state index contributed by atoms with van der Waals surface area (Å²) in [5, 5.41) is 14.3. The van der Waals surface area contributed by atoms with Crippen molar-refractivity contribution in [2.24, 2.45) is 0 Å². The Morgan fingerprint density at radius 2 is 0.805 bits per heavy atom. The van der Waals surface area contributed by atoms with Crippen LogP contribution in [0.4, 0.5) is 0 Å². The predicted octanol–water partition coefficient (Wildman–Crippen LogP) is 16.9. The van der Waals surface area contributed by atoms with E-state index in [1.165, 1.54) is 154 Å². The van der Waals surface area contributed by atoms with E-state index in [2.05, 4.69) is 299 Å². The molecule has 9 aromatic carbocycles. The topological polar surface area (TPSA) is 14.8 Å². The van der Waals surface area contributed by atoms with Crippen LogP contribution in [0.25, 0.3) is 93.6 Å². The summed E-state index contributed by atoms with van der Waals surface area (Å²) < 4.78 is 8.30. The van der Waals surface area contributed by atoms with Gasteiger partial charge in [0, 0.05) is 54.9 Å². The average molecular weight is 1150 g/mol. The quantitative estimate of drug-likeness (QED) is 0.146. The first kappa shape index (κ1) is 55.0. The number of hydrogen-bond acceptors (Lipinski definition) is 0. The van der Waals surface area contributed by atoms with E-state index in [1.54, 1.807) is 15.6 Å². The molecular weight excluding hydrogens is 1070 g/mol. The van der Waals surface area contributed by atoms with E-state index in [9.17, 15) is 0 Å². The van der Waals surface area contributed by atoms with Crippen LogP contribution in [0.3, 0.4) is 0 Å². The fourth-order valence-corrected chi connectivity index (χ4v) is 22.2. The summed E-state index contributed by atoms with van der Waals surface area (Å²) in [6, 6.07) is 58.5. The molecule has 0 radical (unpaired) electrons. The first-order valence-corrected chi connectivity index (χ1v) is 34.4. The first-order chi connectivity index (χ1) is 40.6. The van der Waals surface area contributed by atoms with Gasteiger partial charge in [-0.05, 0) is 180 Å². The molecule has 0 bridgehead atoms. The number of fused-ring (bicyclic) bond motifs is 18. The molecule has 87 heavy (non-hydrogen) atoms. The van der Waals surface area contributed by atoms with Crippen molar-refractivity contribution >= 4 is 117 Å². The molecule has 5 heteroatoms. The predicted molar refractivity (Wildman–Crippen MR) is 381 cm³/mol. The normalized spacial score (nSPS) is 15.3. The average Bonchev–Trinajstić information content (AvgIpc) is 1.53. The largest absolute Gasteiger partial charge is 0.310 e. The van der Waals surface area contributed by atoms with E-state index >= 15 is 0 Å². The first-order valence-electron chi connectivity index (χ1n) is 32.4. The Labute approximate surface area is 517 Å². The molecular formula is C82H86BN3Si. The highest BCUT2D eigenvalue weighted by atomic mass is 28.3. The van der Waals surface area contributed by atoms with Crippen LogP contribution >= 0.6 is 0 Å². The van der Waals surface area contributed by atoms with Crippen LogP contribution < -0.4 is 37.1 Å². The molecule has 7 heterocycles. The molecule has 0 aliphatic carbocycles. The minimum absolute atomic E-state index is 0.0364. The smallest absolute Gasteiger partial charge is 0.252 e. The van der Waals surface area contributed by atoms with E-state index in [1.807, 2.05) is 0 Å². The molecule has 0 unspecified atom stereocenters. The van der Waals surface area contributed by atoms with Crippen molar-refractivity contribution in [1.82, 2.24) is 13.7 Å². The Morgan fingerprint density at radius 3 is 1.40 bits per heavy atom. The van der Waals surface area contributed by atoms with Gasteiger partial charge in [0.15, 0.2) is 8.07 Å². The lowest BCUT2D eigenvalue weighted by Gasteiger charge is -2.43. The van der Waals surface area contributed by atoms with Gasteiger partial charge in [-0.1, -0.05) is 230 Å². The minimum Gasteiger partial charge on any atom is -0.310 e. The summed E-state index contributed by atoms with van der Waals surface area (Å²) in [6.07, 6.45) is 0. The van der Waals surface area contributed by atoms with Crippen molar-refractivity contribution in [2.45, 2.75) is 183 Å². The summed E-state index contributed by atoms with van der Waals surface area (Å²) in [5.74, 6) is 0. The summed E-state index contributed by atoms with van der Waals surface area (Å²) in [4.78, 5) is 0. The van der Waals surface area contributed by atoms with Gasteiger partial charge in [0.1, 0.15) is 0 Å². The van der Waals surface area contributed by atoms with Gasteiger partial charge < -0.3 is 13.7 Å². The molecule has 0 fully saturated rings. The van der Waals surface area contributed by atoms with Crippen molar-refractivity contribution < 1.29 is 0 Å². The molecule has 3 aromatic heterocycles. The number of hydrogen-bond donors (Lipinski definition) is 0. The molecule has 0 amide bonds. The lowest BCUT2D eigenvalue weighted by molar-refractivity contribution is 0.589. The Kier molecular flexibility index (Phi) is 10.5. The molecule has 16 rings (SSSR count). The van der Waals surface area contributed by atoms with Crippen molar-refractivity contribution in [1.29, 1.82) is 0 Å². The second-order valence-corrected chi connectivity index (χ2v) is 38.0. The number of nitrogens with zero attached hydrogens (tertiary/aromatic N) is 3.